The van der Waals surface area contributed by atoms with E-state index >= 15 is 0 Å². The van der Waals surface area contributed by atoms with Crippen molar-refractivity contribution in [2.75, 3.05) is 41.5 Å². The zero-order chi connectivity index (χ0) is 21.1. The smallest absolute Gasteiger partial charge is 0.259 e. The van der Waals surface area contributed by atoms with Gasteiger partial charge in [-0.3, -0.25) is 4.90 Å². The Balaban J connectivity index is 1.80. The number of fused-ring (bicyclic) bond motifs is 1. The fraction of sp³-hybridized carbons (Fsp3) is 0.417. The summed E-state index contributed by atoms with van der Waals surface area (Å²) in [5.41, 5.74) is 3.18. The van der Waals surface area contributed by atoms with Gasteiger partial charge < -0.3 is 23.7 Å². The van der Waals surface area contributed by atoms with E-state index < -0.39 is 0 Å². The second-order valence-corrected chi connectivity index (χ2v) is 7.63. The highest BCUT2D eigenvalue weighted by molar-refractivity contribution is 5.82. The van der Waals surface area contributed by atoms with Crippen LogP contribution in [-0.2, 0) is 4.74 Å². The third kappa shape index (κ3) is 3.79. The van der Waals surface area contributed by atoms with Crippen molar-refractivity contribution in [2.24, 2.45) is 0 Å². The van der Waals surface area contributed by atoms with Gasteiger partial charge in [-0.25, -0.2) is 0 Å². The van der Waals surface area contributed by atoms with Gasteiger partial charge in [0.2, 0.25) is 0 Å². The van der Waals surface area contributed by atoms with Crippen LogP contribution in [0, 0.1) is 0 Å². The molecule has 0 saturated carbocycles. The third-order valence-corrected chi connectivity index (χ3v) is 5.94. The van der Waals surface area contributed by atoms with Crippen LogP contribution < -0.4 is 23.8 Å². The van der Waals surface area contributed by atoms with E-state index in [4.69, 9.17) is 23.7 Å². The van der Waals surface area contributed by atoms with Crippen LogP contribution in [0.3, 0.4) is 0 Å². The summed E-state index contributed by atoms with van der Waals surface area (Å²) in [6.45, 7) is 2.19. The Morgan fingerprint density at radius 3 is 2.07 bits per heavy atom. The Bertz CT molecular complexity index is 933. The Morgan fingerprint density at radius 2 is 1.40 bits per heavy atom. The van der Waals surface area contributed by atoms with Gasteiger partial charge in [0, 0.05) is 5.56 Å². The molecule has 2 aromatic carbocycles. The highest BCUT2D eigenvalue weighted by Gasteiger charge is 2.34. The van der Waals surface area contributed by atoms with Crippen molar-refractivity contribution in [3.63, 3.8) is 0 Å². The molecular weight excluding hydrogens is 382 g/mol. The van der Waals surface area contributed by atoms with Crippen molar-refractivity contribution >= 4 is 11.8 Å². The van der Waals surface area contributed by atoms with Crippen LogP contribution in [0.4, 0.5) is 0 Å². The molecule has 2 aromatic rings. The summed E-state index contributed by atoms with van der Waals surface area (Å²) in [6, 6.07) is 9.96. The van der Waals surface area contributed by atoms with Gasteiger partial charge in [0.05, 0.1) is 47.1 Å². The van der Waals surface area contributed by atoms with E-state index in [9.17, 15) is 0 Å². The molecule has 1 atom stereocenters. The molecule has 4 rings (SSSR count). The maximum atomic E-state index is 6.62. The molecule has 0 bridgehead atoms. The zero-order valence-corrected chi connectivity index (χ0v) is 18.1. The standard InChI is InChI=1S/C24H29NO5/c1-26-19-9-8-16(12-21(19)27-2)20-13-17-14-22(28-3)23(29-4)15-18(17)24(30-20)25-10-6-5-7-11-25/h8-9,12-15,24H,5-7,10-11H2,1-4H3/p+1/t24-/m0/s1. The first kappa shape index (κ1) is 20.4. The lowest BCUT2D eigenvalue weighted by molar-refractivity contribution is -0.957. The third-order valence-electron chi connectivity index (χ3n) is 5.94. The topological polar surface area (TPSA) is 50.6 Å². The molecule has 0 unspecified atom stereocenters. The fourth-order valence-corrected chi connectivity index (χ4v) is 4.34. The van der Waals surface area contributed by atoms with Gasteiger partial charge in [0.15, 0.2) is 23.0 Å². The zero-order valence-electron chi connectivity index (χ0n) is 18.1. The van der Waals surface area contributed by atoms with Crippen LogP contribution >= 0.6 is 0 Å². The Hall–Kier alpha value is -2.86. The van der Waals surface area contributed by atoms with Gasteiger partial charge in [-0.05, 0) is 61.2 Å². The van der Waals surface area contributed by atoms with Crippen LogP contribution in [0.2, 0.25) is 0 Å². The second kappa shape index (κ2) is 8.88. The Morgan fingerprint density at radius 1 is 0.767 bits per heavy atom. The first-order valence-electron chi connectivity index (χ1n) is 10.4. The predicted octanol–water partition coefficient (Wildman–Crippen LogP) is 3.32. The maximum Gasteiger partial charge on any atom is 0.259 e. The van der Waals surface area contributed by atoms with Crippen LogP contribution in [0.1, 0.15) is 42.2 Å². The highest BCUT2D eigenvalue weighted by Crippen LogP contribution is 2.41. The molecule has 0 aliphatic carbocycles. The molecule has 1 N–H and O–H groups in total. The molecule has 2 heterocycles. The molecular formula is C24H30NO5+. The molecule has 160 valence electrons. The largest absolute Gasteiger partial charge is 0.493 e. The van der Waals surface area contributed by atoms with Crippen molar-refractivity contribution in [1.29, 1.82) is 0 Å². The molecule has 2 aliphatic rings. The predicted molar refractivity (Wildman–Crippen MR) is 115 cm³/mol. The van der Waals surface area contributed by atoms with Crippen LogP contribution in [0.15, 0.2) is 30.3 Å². The van der Waals surface area contributed by atoms with Crippen LogP contribution in [-0.4, -0.2) is 41.5 Å². The number of quaternary nitrogens is 1. The number of benzene rings is 2. The van der Waals surface area contributed by atoms with Gasteiger partial charge in [-0.1, -0.05) is 0 Å². The molecule has 6 nitrogen and oxygen atoms in total. The van der Waals surface area contributed by atoms with Crippen molar-refractivity contribution in [3.05, 3.63) is 47.0 Å². The molecule has 1 saturated heterocycles. The molecule has 0 spiro atoms. The van der Waals surface area contributed by atoms with Gasteiger partial charge in [0.25, 0.3) is 6.23 Å². The van der Waals surface area contributed by atoms with Crippen LogP contribution in [0.5, 0.6) is 23.0 Å². The molecule has 0 aromatic heterocycles. The number of rotatable bonds is 6. The lowest BCUT2D eigenvalue weighted by atomic mass is 9.97. The van der Waals surface area contributed by atoms with E-state index in [2.05, 4.69) is 12.1 Å². The number of likely N-dealkylation sites (tertiary alicyclic amines) is 1. The summed E-state index contributed by atoms with van der Waals surface area (Å²) < 4.78 is 28.6. The number of hydrogen-bond acceptors (Lipinski definition) is 5. The lowest BCUT2D eigenvalue weighted by Gasteiger charge is -2.35. The first-order valence-corrected chi connectivity index (χ1v) is 10.4. The minimum Gasteiger partial charge on any atom is -0.493 e. The molecule has 2 aliphatic heterocycles. The average Bonchev–Trinajstić information content (AvgIpc) is 2.82. The van der Waals surface area contributed by atoms with E-state index in [1.54, 1.807) is 28.4 Å². The Labute approximate surface area is 177 Å². The first-order chi connectivity index (χ1) is 14.7. The molecule has 6 heteroatoms. The summed E-state index contributed by atoms with van der Waals surface area (Å²) in [6.07, 6.45) is 5.69. The summed E-state index contributed by atoms with van der Waals surface area (Å²) in [4.78, 5) is 1.45. The Kier molecular flexibility index (Phi) is 6.04. The molecule has 1 fully saturated rings. The summed E-state index contributed by atoms with van der Waals surface area (Å²) in [7, 11) is 6.61. The van der Waals surface area contributed by atoms with Crippen molar-refractivity contribution in [2.45, 2.75) is 25.5 Å². The van der Waals surface area contributed by atoms with E-state index in [0.29, 0.717) is 17.2 Å². The fourth-order valence-electron chi connectivity index (χ4n) is 4.34. The van der Waals surface area contributed by atoms with Gasteiger partial charge in [0.1, 0.15) is 5.76 Å². The number of nitrogens with one attached hydrogen (secondary N) is 1. The summed E-state index contributed by atoms with van der Waals surface area (Å²) >= 11 is 0. The quantitative estimate of drug-likeness (QED) is 0.789. The average molecular weight is 413 g/mol. The van der Waals surface area contributed by atoms with E-state index in [0.717, 1.165) is 41.3 Å². The number of methoxy groups -OCH3 is 4. The molecule has 30 heavy (non-hydrogen) atoms. The van der Waals surface area contributed by atoms with Crippen molar-refractivity contribution < 1.29 is 28.6 Å². The number of hydrogen-bond donors (Lipinski definition) is 1. The normalized spacial score (nSPS) is 18.7. The lowest BCUT2D eigenvalue weighted by Crippen LogP contribution is -3.13. The molecule has 0 radical (unpaired) electrons. The van der Waals surface area contributed by atoms with Crippen LogP contribution in [0.25, 0.3) is 11.8 Å². The SMILES string of the molecule is COc1ccc(C2=Cc3cc(OC)c(OC)cc3[C@@H]([NH+]3CCCCC3)O2)cc1OC. The number of piperidine rings is 1. The van der Waals surface area contributed by atoms with E-state index in [-0.39, 0.29) is 6.23 Å². The minimum atomic E-state index is -0.0896. The highest BCUT2D eigenvalue weighted by atomic mass is 16.5. The van der Waals surface area contributed by atoms with Crippen molar-refractivity contribution in [3.8, 4) is 23.0 Å². The second-order valence-electron chi connectivity index (χ2n) is 7.63. The van der Waals surface area contributed by atoms with Gasteiger partial charge in [-0.2, -0.15) is 0 Å². The monoisotopic (exact) mass is 412 g/mol. The van der Waals surface area contributed by atoms with E-state index in [1.165, 1.54) is 24.2 Å². The maximum absolute atomic E-state index is 6.62. The van der Waals surface area contributed by atoms with E-state index in [1.807, 2.05) is 24.3 Å². The van der Waals surface area contributed by atoms with Gasteiger partial charge >= 0.3 is 0 Å². The van der Waals surface area contributed by atoms with Crippen molar-refractivity contribution in [1.82, 2.24) is 0 Å². The summed E-state index contributed by atoms with van der Waals surface area (Å²) in [5, 5.41) is 0. The minimum absolute atomic E-state index is 0.0896. The van der Waals surface area contributed by atoms with Gasteiger partial charge in [-0.15, -0.1) is 0 Å². The molecule has 0 amide bonds. The summed E-state index contributed by atoms with van der Waals surface area (Å²) in [5.74, 6) is 3.64. The number of ether oxygens (including phenoxy) is 5.